The molecule has 9 rings (SSSR count). The molecule has 19 heteroatoms. The summed E-state index contributed by atoms with van der Waals surface area (Å²) in [5, 5.41) is 23.4. The highest BCUT2D eigenvalue weighted by Gasteiger charge is 2.32. The largest absolute Gasteiger partial charge is 0.493 e. The summed E-state index contributed by atoms with van der Waals surface area (Å²) in [5.41, 5.74) is 5.95. The highest BCUT2D eigenvalue weighted by Crippen LogP contribution is 2.42. The molecule has 2 aliphatic heterocycles. The maximum Gasteiger partial charge on any atom is 0.352 e. The van der Waals surface area contributed by atoms with Crippen LogP contribution in [0.15, 0.2) is 65.1 Å². The van der Waals surface area contributed by atoms with E-state index in [0.717, 1.165) is 38.7 Å². The number of piperidine rings is 1. The van der Waals surface area contributed by atoms with Gasteiger partial charge in [-0.05, 0) is 109 Å². The van der Waals surface area contributed by atoms with Crippen LogP contribution in [0.4, 0.5) is 4.39 Å². The van der Waals surface area contributed by atoms with Crippen molar-refractivity contribution in [1.82, 2.24) is 44.3 Å². The standard InChI is InChI=1S/C50H50BrClFN9O7/c1-27-42(28(2)58(4)57-27)43-37(52)15-13-34-33(8-6-24-69-39-9-5-7-30-25-31(53)10-11-32(30)39)46(50(67)68)61(45(34)43)23-20-59-18-21-60(22-19-59)41(64)26-62-29(3)54-44-35(12-14-36(51)47(44)62)48(65)55-38-16-17-40(63)56-49(38)66/h5,7,9-15,25,38H,6,8,16-24,26H2,1-4H3,(H,55,65)(H,67,68)(H,56,63,66). The molecule has 358 valence electrons. The first-order valence-corrected chi connectivity index (χ1v) is 23.9. The van der Waals surface area contributed by atoms with Gasteiger partial charge in [0.1, 0.15) is 41.2 Å². The molecule has 4 aromatic carbocycles. The number of carbonyl (C=O) groups excluding carboxylic acids is 4. The number of halogens is 3. The second-order valence-electron chi connectivity index (χ2n) is 17.6. The number of aromatic nitrogens is 5. The molecule has 69 heavy (non-hydrogen) atoms. The van der Waals surface area contributed by atoms with Crippen LogP contribution in [0.3, 0.4) is 0 Å². The predicted octanol–water partition coefficient (Wildman–Crippen LogP) is 7.11. The minimum Gasteiger partial charge on any atom is -0.493 e. The van der Waals surface area contributed by atoms with Gasteiger partial charge in [-0.15, -0.1) is 0 Å². The molecule has 4 amide bonds. The van der Waals surface area contributed by atoms with Gasteiger partial charge in [-0.2, -0.15) is 5.10 Å². The van der Waals surface area contributed by atoms with Crippen molar-refractivity contribution in [3.63, 3.8) is 0 Å². The number of nitrogens with one attached hydrogen (secondary N) is 2. The van der Waals surface area contributed by atoms with E-state index in [2.05, 4.69) is 41.5 Å². The van der Waals surface area contributed by atoms with Crippen LogP contribution >= 0.6 is 27.5 Å². The summed E-state index contributed by atoms with van der Waals surface area (Å²) >= 11 is 10.7. The molecule has 0 spiro atoms. The number of amides is 4. The van der Waals surface area contributed by atoms with Crippen LogP contribution in [-0.4, -0.2) is 114 Å². The molecule has 0 saturated carbocycles. The van der Waals surface area contributed by atoms with Gasteiger partial charge in [-0.25, -0.2) is 14.2 Å². The third-order valence-corrected chi connectivity index (χ3v) is 14.3. The third kappa shape index (κ3) is 9.20. The molecule has 2 saturated heterocycles. The lowest BCUT2D eigenvalue weighted by molar-refractivity contribution is -0.135. The summed E-state index contributed by atoms with van der Waals surface area (Å²) in [6.07, 6.45) is 1.21. The first kappa shape index (κ1) is 47.4. The van der Waals surface area contributed by atoms with Crippen molar-refractivity contribution < 1.29 is 38.2 Å². The average Bonchev–Trinajstić information content (AvgIpc) is 3.91. The second-order valence-corrected chi connectivity index (χ2v) is 18.8. The fourth-order valence-electron chi connectivity index (χ4n) is 9.82. The molecule has 7 aromatic rings. The normalized spacial score (nSPS) is 15.6. The van der Waals surface area contributed by atoms with E-state index >= 15 is 0 Å². The molecule has 3 N–H and O–H groups in total. The van der Waals surface area contributed by atoms with Gasteiger partial charge in [0, 0.05) is 84.8 Å². The maximum absolute atomic E-state index is 14.0. The van der Waals surface area contributed by atoms with Crippen molar-refractivity contribution in [3.8, 4) is 16.9 Å². The first-order valence-electron chi connectivity index (χ1n) is 22.8. The highest BCUT2D eigenvalue weighted by atomic mass is 79.9. The van der Waals surface area contributed by atoms with Gasteiger partial charge in [0.2, 0.25) is 17.7 Å². The number of nitrogens with zero attached hydrogens (tertiary/aromatic N) is 7. The van der Waals surface area contributed by atoms with E-state index in [0.29, 0.717) is 102 Å². The number of aromatic carboxylic acids is 1. The summed E-state index contributed by atoms with van der Waals surface area (Å²) in [6.45, 7) is 8.71. The van der Waals surface area contributed by atoms with E-state index in [9.17, 15) is 33.5 Å². The quantitative estimate of drug-likeness (QED) is 0.0749. The molecule has 2 fully saturated rings. The minimum absolute atomic E-state index is 0.0249. The van der Waals surface area contributed by atoms with E-state index in [4.69, 9.17) is 16.3 Å². The van der Waals surface area contributed by atoms with Gasteiger partial charge in [0.25, 0.3) is 5.91 Å². The number of ether oxygens (including phenoxy) is 1. The van der Waals surface area contributed by atoms with Gasteiger partial charge in [-0.3, -0.25) is 34.1 Å². The van der Waals surface area contributed by atoms with Gasteiger partial charge >= 0.3 is 5.97 Å². The van der Waals surface area contributed by atoms with Crippen LogP contribution in [0, 0.1) is 26.6 Å². The molecule has 2 aliphatic rings. The number of carbonyl (C=O) groups is 5. The van der Waals surface area contributed by atoms with Crippen molar-refractivity contribution in [1.29, 1.82) is 0 Å². The van der Waals surface area contributed by atoms with Crippen molar-refractivity contribution in [2.75, 3.05) is 39.3 Å². The van der Waals surface area contributed by atoms with Gasteiger partial charge < -0.3 is 29.2 Å². The first-order chi connectivity index (χ1) is 33.1. The number of carboxylic acid groups (broad SMARTS) is 1. The number of piperazine rings is 1. The molecule has 16 nitrogen and oxygen atoms in total. The number of imidazole rings is 1. The Bertz CT molecular complexity index is 3250. The van der Waals surface area contributed by atoms with Gasteiger partial charge in [-0.1, -0.05) is 29.8 Å². The Hall–Kier alpha value is -6.63. The minimum atomic E-state index is -1.06. The van der Waals surface area contributed by atoms with Gasteiger partial charge in [0.05, 0.1) is 33.9 Å². The summed E-state index contributed by atoms with van der Waals surface area (Å²) in [7, 11) is 1.87. The zero-order valence-electron chi connectivity index (χ0n) is 38.5. The lowest BCUT2D eigenvalue weighted by atomic mass is 9.98. The number of aryl methyl sites for hydroxylation is 4. The fraction of sp³-hybridized carbons (Fsp3) is 0.340. The summed E-state index contributed by atoms with van der Waals surface area (Å²) in [6, 6.07) is 16.2. The Balaban J connectivity index is 0.925. The number of hydrogen-bond acceptors (Lipinski definition) is 9. The molecule has 5 heterocycles. The maximum atomic E-state index is 14.0. The van der Waals surface area contributed by atoms with Crippen LogP contribution < -0.4 is 15.4 Å². The molecule has 3 aromatic heterocycles. The van der Waals surface area contributed by atoms with Crippen LogP contribution in [0.2, 0.25) is 5.02 Å². The predicted molar refractivity (Wildman–Crippen MR) is 262 cm³/mol. The zero-order chi connectivity index (χ0) is 48.8. The fourth-order valence-corrected chi connectivity index (χ4v) is 10.6. The van der Waals surface area contributed by atoms with E-state index in [-0.39, 0.29) is 48.3 Å². The van der Waals surface area contributed by atoms with E-state index in [1.54, 1.807) is 39.3 Å². The van der Waals surface area contributed by atoms with E-state index in [1.165, 1.54) is 12.1 Å². The van der Waals surface area contributed by atoms with Crippen LogP contribution in [0.25, 0.3) is 43.8 Å². The Morgan fingerprint density at radius 3 is 2.45 bits per heavy atom. The van der Waals surface area contributed by atoms with Crippen LogP contribution in [-0.2, 0) is 40.9 Å². The number of rotatable bonds is 14. The van der Waals surface area contributed by atoms with E-state index in [1.807, 2.05) is 55.8 Å². The van der Waals surface area contributed by atoms with Crippen molar-refractivity contribution in [2.45, 2.75) is 65.6 Å². The summed E-state index contributed by atoms with van der Waals surface area (Å²) < 4.78 is 26.3. The summed E-state index contributed by atoms with van der Waals surface area (Å²) in [4.78, 5) is 73.6. The van der Waals surface area contributed by atoms with Crippen LogP contribution in [0.1, 0.15) is 62.9 Å². The molecule has 1 unspecified atom stereocenters. The topological polar surface area (TPSA) is 186 Å². The van der Waals surface area contributed by atoms with Crippen LogP contribution in [0.5, 0.6) is 5.75 Å². The lowest BCUT2D eigenvalue weighted by Crippen LogP contribution is -2.52. The highest BCUT2D eigenvalue weighted by molar-refractivity contribution is 9.10. The van der Waals surface area contributed by atoms with E-state index < -0.39 is 23.8 Å². The Kier molecular flexibility index (Phi) is 13.3. The Morgan fingerprint density at radius 1 is 0.957 bits per heavy atom. The van der Waals surface area contributed by atoms with Crippen molar-refractivity contribution >= 4 is 89.8 Å². The molecule has 0 aliphatic carbocycles. The number of imide groups is 1. The monoisotopic (exact) mass is 1020 g/mol. The zero-order valence-corrected chi connectivity index (χ0v) is 40.8. The average molecular weight is 1020 g/mol. The lowest BCUT2D eigenvalue weighted by Gasteiger charge is -2.35. The Morgan fingerprint density at radius 2 is 1.72 bits per heavy atom. The third-order valence-electron chi connectivity index (χ3n) is 13.4. The number of fused-ring (bicyclic) bond motifs is 3. The van der Waals surface area contributed by atoms with Crippen molar-refractivity contribution in [3.05, 3.63) is 110 Å². The molecular formula is C50H50BrClFN9O7. The SMILES string of the molecule is Cc1nn(C)c(C)c1-c1c(Cl)ccc2c(CCCOc3cccc4cc(F)ccc34)c(C(=O)O)n(CCN3CCN(C(=O)Cn4c(C)nc5c(C(=O)NC6CCC(=O)NC6=O)ccc(Br)c54)CC3)c12. The number of carboxylic acids is 1. The summed E-state index contributed by atoms with van der Waals surface area (Å²) in [5.74, 6) is -1.83. The number of hydrogen-bond donors (Lipinski definition) is 3. The Labute approximate surface area is 409 Å². The number of benzene rings is 4. The van der Waals surface area contributed by atoms with Crippen molar-refractivity contribution in [2.24, 2.45) is 7.05 Å². The second kappa shape index (κ2) is 19.4. The smallest absolute Gasteiger partial charge is 0.352 e. The van der Waals surface area contributed by atoms with Gasteiger partial charge in [0.15, 0.2) is 0 Å². The molecule has 1 atom stereocenters. The molecular weight excluding hydrogens is 973 g/mol. The molecule has 0 radical (unpaired) electrons. The molecule has 0 bridgehead atoms.